The fourth-order valence-electron chi connectivity index (χ4n) is 1.75. The van der Waals surface area contributed by atoms with E-state index in [0.717, 1.165) is 0 Å². The number of hydrogen-bond acceptors (Lipinski definition) is 4. The topological polar surface area (TPSA) is 0 Å². The Labute approximate surface area is 110 Å². The van der Waals surface area contributed by atoms with E-state index in [4.69, 9.17) is 0 Å². The van der Waals surface area contributed by atoms with Crippen LogP contribution in [0, 0.1) is 0 Å². The van der Waals surface area contributed by atoms with Gasteiger partial charge < -0.3 is 0 Å². The van der Waals surface area contributed by atoms with Gasteiger partial charge in [-0.05, 0) is 33.4 Å². The molecule has 4 rings (SSSR count). The minimum atomic E-state index is 1.24. The Morgan fingerprint density at radius 3 is 2.67 bits per heavy atom. The second kappa shape index (κ2) is 3.05. The van der Waals surface area contributed by atoms with Crippen molar-refractivity contribution in [3.05, 3.63) is 21.3 Å². The van der Waals surface area contributed by atoms with Crippen molar-refractivity contribution in [2.75, 3.05) is 0 Å². The van der Waals surface area contributed by atoms with Gasteiger partial charge in [0.1, 0.15) is 0 Å². The van der Waals surface area contributed by atoms with Crippen LogP contribution in [0.2, 0.25) is 0 Å². The molecule has 0 aliphatic heterocycles. The molecular formula is C10H3BrS4. The molecule has 0 radical (unpaired) electrons. The normalized spacial score (nSPS) is 12.3. The molecule has 0 unspecified atom stereocenters. The molecule has 0 spiro atoms. The Morgan fingerprint density at radius 2 is 1.73 bits per heavy atom. The van der Waals surface area contributed by atoms with E-state index in [1.807, 2.05) is 45.3 Å². The molecule has 0 amide bonds. The van der Waals surface area contributed by atoms with Crippen LogP contribution in [0.1, 0.15) is 0 Å². The first-order valence-electron chi connectivity index (χ1n) is 4.30. The SMILES string of the molecule is Brc1cc2c(s1)sc1c3ccsc3sc21. The average molecular weight is 331 g/mol. The first-order valence-corrected chi connectivity index (χ1v) is 8.43. The number of rotatable bonds is 0. The molecule has 0 fully saturated rings. The highest BCUT2D eigenvalue weighted by Gasteiger charge is 2.14. The highest BCUT2D eigenvalue weighted by atomic mass is 79.9. The third-order valence-corrected chi connectivity index (χ3v) is 7.76. The number of fused-ring (bicyclic) bond motifs is 5. The van der Waals surface area contributed by atoms with Crippen LogP contribution < -0.4 is 0 Å². The van der Waals surface area contributed by atoms with Crippen LogP contribution in [0.25, 0.3) is 28.2 Å². The van der Waals surface area contributed by atoms with Crippen LogP contribution in [0.4, 0.5) is 0 Å². The summed E-state index contributed by atoms with van der Waals surface area (Å²) in [5.74, 6) is 0. The summed E-state index contributed by atoms with van der Waals surface area (Å²) in [5, 5.41) is 5.06. The molecule has 0 N–H and O–H groups in total. The second-order valence-corrected chi connectivity index (χ2v) is 9.14. The van der Waals surface area contributed by atoms with Crippen molar-refractivity contribution < 1.29 is 0 Å². The zero-order valence-electron chi connectivity index (χ0n) is 7.24. The van der Waals surface area contributed by atoms with E-state index in [1.165, 1.54) is 32.0 Å². The van der Waals surface area contributed by atoms with Crippen LogP contribution in [-0.4, -0.2) is 0 Å². The van der Waals surface area contributed by atoms with Crippen molar-refractivity contribution >= 4 is 89.5 Å². The van der Waals surface area contributed by atoms with Gasteiger partial charge in [-0.25, -0.2) is 0 Å². The van der Waals surface area contributed by atoms with E-state index in [9.17, 15) is 0 Å². The van der Waals surface area contributed by atoms with Crippen molar-refractivity contribution in [2.24, 2.45) is 0 Å². The molecule has 0 saturated carbocycles. The molecule has 74 valence electrons. The van der Waals surface area contributed by atoms with Crippen molar-refractivity contribution in [1.82, 2.24) is 0 Å². The predicted octanol–water partition coefficient (Wildman–Crippen LogP) is 6.15. The van der Waals surface area contributed by atoms with Crippen molar-refractivity contribution in [3.8, 4) is 0 Å². The van der Waals surface area contributed by atoms with Crippen molar-refractivity contribution in [2.45, 2.75) is 0 Å². The molecule has 4 heterocycles. The van der Waals surface area contributed by atoms with Gasteiger partial charge in [0, 0.05) is 10.8 Å². The zero-order valence-corrected chi connectivity index (χ0v) is 12.1. The lowest BCUT2D eigenvalue weighted by atomic mass is 10.3. The maximum Gasteiger partial charge on any atom is 0.0898 e. The molecule has 0 bridgehead atoms. The Balaban J connectivity index is 2.35. The van der Waals surface area contributed by atoms with E-state index in [-0.39, 0.29) is 0 Å². The van der Waals surface area contributed by atoms with Gasteiger partial charge >= 0.3 is 0 Å². The summed E-state index contributed by atoms with van der Waals surface area (Å²) in [6, 6.07) is 4.49. The summed E-state index contributed by atoms with van der Waals surface area (Å²) >= 11 is 11.1. The Morgan fingerprint density at radius 1 is 0.933 bits per heavy atom. The van der Waals surface area contributed by atoms with Crippen LogP contribution in [0.5, 0.6) is 0 Å². The molecule has 15 heavy (non-hydrogen) atoms. The maximum absolute atomic E-state index is 3.56. The largest absolute Gasteiger partial charge is 0.133 e. The Bertz CT molecular complexity index is 782. The van der Waals surface area contributed by atoms with Crippen LogP contribution in [0.3, 0.4) is 0 Å². The average Bonchev–Trinajstić information content (AvgIpc) is 2.83. The van der Waals surface area contributed by atoms with Gasteiger partial charge in [0.2, 0.25) is 0 Å². The molecule has 4 aromatic rings. The number of thiophene rings is 4. The quantitative estimate of drug-likeness (QED) is 0.362. The second-order valence-electron chi connectivity index (χ2n) is 3.24. The third-order valence-electron chi connectivity index (χ3n) is 2.38. The fraction of sp³-hybridized carbons (Fsp3) is 0. The molecule has 4 aromatic heterocycles. The van der Waals surface area contributed by atoms with E-state index in [2.05, 4.69) is 33.4 Å². The fourth-order valence-corrected chi connectivity index (χ4v) is 7.72. The first kappa shape index (κ1) is 9.13. The highest BCUT2D eigenvalue weighted by molar-refractivity contribution is 9.11. The van der Waals surface area contributed by atoms with Gasteiger partial charge in [0.15, 0.2) is 0 Å². The third kappa shape index (κ3) is 1.16. The van der Waals surface area contributed by atoms with Crippen LogP contribution in [-0.2, 0) is 0 Å². The van der Waals surface area contributed by atoms with Gasteiger partial charge in [-0.2, -0.15) is 0 Å². The summed E-state index contributed by atoms with van der Waals surface area (Å²) in [4.78, 5) is 0. The van der Waals surface area contributed by atoms with Gasteiger partial charge in [-0.1, -0.05) is 0 Å². The van der Waals surface area contributed by atoms with E-state index < -0.39 is 0 Å². The molecule has 0 atom stereocenters. The summed E-state index contributed by atoms with van der Waals surface area (Å²) < 4.78 is 7.09. The number of hydrogen-bond donors (Lipinski definition) is 0. The molecular weight excluding hydrogens is 328 g/mol. The van der Waals surface area contributed by atoms with Gasteiger partial charge in [-0.15, -0.1) is 45.3 Å². The highest BCUT2D eigenvalue weighted by Crippen LogP contribution is 2.49. The Kier molecular flexibility index (Phi) is 1.85. The lowest BCUT2D eigenvalue weighted by molar-refractivity contribution is 2.11. The van der Waals surface area contributed by atoms with Gasteiger partial charge in [-0.3, -0.25) is 0 Å². The van der Waals surface area contributed by atoms with Gasteiger partial charge in [0.05, 0.1) is 21.2 Å². The zero-order chi connectivity index (χ0) is 9.99. The smallest absolute Gasteiger partial charge is 0.0898 e. The van der Waals surface area contributed by atoms with E-state index in [0.29, 0.717) is 0 Å². The molecule has 0 saturated heterocycles. The summed E-state index contributed by atoms with van der Waals surface area (Å²) in [5.41, 5.74) is 0. The standard InChI is InChI=1S/C10H3BrS4/c11-6-3-5-8-7(15-10(5)13-6)4-1-2-12-9(4)14-8/h1-3H. The summed E-state index contributed by atoms with van der Waals surface area (Å²) in [6.07, 6.45) is 0. The monoisotopic (exact) mass is 330 g/mol. The molecule has 5 heteroatoms. The lowest BCUT2D eigenvalue weighted by Gasteiger charge is -1.76. The van der Waals surface area contributed by atoms with Gasteiger partial charge in [0.25, 0.3) is 0 Å². The summed E-state index contributed by atoms with van der Waals surface area (Å²) in [6.45, 7) is 0. The van der Waals surface area contributed by atoms with Crippen molar-refractivity contribution in [1.29, 1.82) is 0 Å². The lowest BCUT2D eigenvalue weighted by Crippen LogP contribution is -1.47. The van der Waals surface area contributed by atoms with E-state index >= 15 is 0 Å². The Hall–Kier alpha value is 0.0600. The van der Waals surface area contributed by atoms with E-state index in [1.54, 1.807) is 0 Å². The van der Waals surface area contributed by atoms with Crippen LogP contribution >= 0.6 is 61.3 Å². The first-order chi connectivity index (χ1) is 7.33. The minimum absolute atomic E-state index is 1.24. The molecule has 0 aromatic carbocycles. The predicted molar refractivity (Wildman–Crippen MR) is 78.2 cm³/mol. The molecule has 0 aliphatic carbocycles. The molecule has 0 nitrogen and oxygen atoms in total. The van der Waals surface area contributed by atoms with Crippen LogP contribution in [0.15, 0.2) is 21.3 Å². The van der Waals surface area contributed by atoms with Crippen molar-refractivity contribution in [3.63, 3.8) is 0 Å². The maximum atomic E-state index is 3.56. The number of halogens is 1. The molecule has 0 aliphatic rings. The minimum Gasteiger partial charge on any atom is -0.133 e. The summed E-state index contributed by atoms with van der Waals surface area (Å²) in [7, 11) is 0.